The highest BCUT2D eigenvalue weighted by Gasteiger charge is 2.12. The van der Waals surface area contributed by atoms with Crippen LogP contribution >= 0.6 is 0 Å². The Bertz CT molecular complexity index is 194. The lowest BCUT2D eigenvalue weighted by Crippen LogP contribution is -2.08. The lowest BCUT2D eigenvalue weighted by molar-refractivity contribution is 0.0681. The van der Waals surface area contributed by atoms with Crippen LogP contribution in [0, 0.1) is 17.8 Å². The highest BCUT2D eigenvalue weighted by molar-refractivity contribution is 4.64. The molecule has 0 aliphatic rings. The van der Waals surface area contributed by atoms with E-state index in [9.17, 15) is 0 Å². The molecule has 0 saturated carbocycles. The molecule has 0 heterocycles. The molecular weight excluding hydrogens is 248 g/mol. The summed E-state index contributed by atoms with van der Waals surface area (Å²) in [6, 6.07) is 0. The number of hydrogen-bond acceptors (Lipinski definition) is 2. The maximum Gasteiger partial charge on any atom is 0.0700 e. The number of rotatable bonds is 14. The molecule has 0 saturated heterocycles. The Balaban J connectivity index is 3.45. The standard InChI is InChI=1S/C18H38O2/c1-6-9-16(2)14-18(4)15-17(3)10-7-8-11-20-13-12-19-5/h16-18H,6-15H2,1-5H3. The van der Waals surface area contributed by atoms with E-state index in [4.69, 9.17) is 9.47 Å². The third kappa shape index (κ3) is 12.9. The molecule has 0 spiro atoms. The molecular formula is C18H38O2. The summed E-state index contributed by atoms with van der Waals surface area (Å²) in [4.78, 5) is 0. The minimum Gasteiger partial charge on any atom is -0.382 e. The first-order valence-electron chi connectivity index (χ1n) is 8.66. The maximum atomic E-state index is 5.49. The van der Waals surface area contributed by atoms with Crippen molar-refractivity contribution in [3.8, 4) is 0 Å². The van der Waals surface area contributed by atoms with Crippen LogP contribution < -0.4 is 0 Å². The van der Waals surface area contributed by atoms with E-state index in [1.807, 2.05) is 0 Å². The fourth-order valence-electron chi connectivity index (χ4n) is 3.14. The van der Waals surface area contributed by atoms with Crippen LogP contribution in [0.2, 0.25) is 0 Å². The largest absolute Gasteiger partial charge is 0.382 e. The van der Waals surface area contributed by atoms with Gasteiger partial charge >= 0.3 is 0 Å². The van der Waals surface area contributed by atoms with Crippen LogP contribution in [0.3, 0.4) is 0 Å². The normalized spacial score (nSPS) is 16.1. The molecule has 0 N–H and O–H groups in total. The molecule has 3 unspecified atom stereocenters. The van der Waals surface area contributed by atoms with Gasteiger partial charge in [0.15, 0.2) is 0 Å². The molecule has 0 amide bonds. The average molecular weight is 286 g/mol. The van der Waals surface area contributed by atoms with E-state index >= 15 is 0 Å². The zero-order valence-corrected chi connectivity index (χ0v) is 14.6. The molecule has 0 bridgehead atoms. The Hall–Kier alpha value is -0.0800. The maximum absolute atomic E-state index is 5.49. The minimum absolute atomic E-state index is 0.712. The summed E-state index contributed by atoms with van der Waals surface area (Å²) in [5.41, 5.74) is 0. The molecule has 0 aliphatic heterocycles. The lowest BCUT2D eigenvalue weighted by Gasteiger charge is -2.20. The van der Waals surface area contributed by atoms with Gasteiger partial charge in [0.05, 0.1) is 13.2 Å². The molecule has 0 aromatic heterocycles. The van der Waals surface area contributed by atoms with Gasteiger partial charge in [-0.2, -0.15) is 0 Å². The molecule has 0 aliphatic carbocycles. The third-order valence-corrected chi connectivity index (χ3v) is 4.06. The molecule has 0 aromatic carbocycles. The van der Waals surface area contributed by atoms with Crippen LogP contribution in [0.15, 0.2) is 0 Å². The van der Waals surface area contributed by atoms with Crippen molar-refractivity contribution in [2.75, 3.05) is 26.9 Å². The Kier molecular flexibility index (Phi) is 13.8. The molecule has 0 rings (SSSR count). The van der Waals surface area contributed by atoms with Crippen LogP contribution in [0.5, 0.6) is 0 Å². The zero-order valence-electron chi connectivity index (χ0n) is 14.6. The summed E-state index contributed by atoms with van der Waals surface area (Å²) < 4.78 is 10.4. The summed E-state index contributed by atoms with van der Waals surface area (Å²) in [5, 5.41) is 0. The Labute approximate surface area is 127 Å². The molecule has 3 atom stereocenters. The van der Waals surface area contributed by atoms with Crippen molar-refractivity contribution in [2.24, 2.45) is 17.8 Å². The summed E-state index contributed by atoms with van der Waals surface area (Å²) >= 11 is 0. The molecule has 20 heavy (non-hydrogen) atoms. The van der Waals surface area contributed by atoms with Crippen LogP contribution in [-0.2, 0) is 9.47 Å². The second-order valence-electron chi connectivity index (χ2n) is 6.68. The van der Waals surface area contributed by atoms with Crippen LogP contribution in [0.1, 0.15) is 72.6 Å². The molecule has 122 valence electrons. The van der Waals surface area contributed by atoms with E-state index in [1.54, 1.807) is 7.11 Å². The van der Waals surface area contributed by atoms with Crippen LogP contribution in [0.4, 0.5) is 0 Å². The Morgan fingerprint density at radius 3 is 2.00 bits per heavy atom. The summed E-state index contributed by atoms with van der Waals surface area (Å²) in [6.45, 7) is 11.9. The monoisotopic (exact) mass is 286 g/mol. The van der Waals surface area contributed by atoms with Crippen LogP contribution in [0.25, 0.3) is 0 Å². The van der Waals surface area contributed by atoms with E-state index in [2.05, 4.69) is 27.7 Å². The quantitative estimate of drug-likeness (QED) is 0.403. The van der Waals surface area contributed by atoms with Gasteiger partial charge in [-0.15, -0.1) is 0 Å². The SMILES string of the molecule is CCCC(C)CC(C)CC(C)CCCCOCCOC. The average Bonchev–Trinajstić information content (AvgIpc) is 2.37. The first-order chi connectivity index (χ1) is 9.60. The number of unbranched alkanes of at least 4 members (excludes halogenated alkanes) is 1. The molecule has 0 radical (unpaired) electrons. The highest BCUT2D eigenvalue weighted by Crippen LogP contribution is 2.24. The van der Waals surface area contributed by atoms with E-state index in [0.29, 0.717) is 6.61 Å². The van der Waals surface area contributed by atoms with Crippen molar-refractivity contribution in [3.63, 3.8) is 0 Å². The zero-order chi connectivity index (χ0) is 15.2. The summed E-state index contributed by atoms with van der Waals surface area (Å²) in [7, 11) is 1.72. The third-order valence-electron chi connectivity index (χ3n) is 4.06. The fraction of sp³-hybridized carbons (Fsp3) is 1.00. The van der Waals surface area contributed by atoms with Gasteiger partial charge in [0, 0.05) is 13.7 Å². The van der Waals surface area contributed by atoms with E-state index in [0.717, 1.165) is 31.0 Å². The summed E-state index contributed by atoms with van der Waals surface area (Å²) in [5.74, 6) is 2.64. The van der Waals surface area contributed by atoms with Gasteiger partial charge in [-0.05, 0) is 37.0 Å². The van der Waals surface area contributed by atoms with Crippen molar-refractivity contribution in [1.29, 1.82) is 0 Å². The van der Waals surface area contributed by atoms with E-state index < -0.39 is 0 Å². The van der Waals surface area contributed by atoms with Crippen molar-refractivity contribution >= 4 is 0 Å². The van der Waals surface area contributed by atoms with Crippen LogP contribution in [-0.4, -0.2) is 26.9 Å². The van der Waals surface area contributed by atoms with Crippen molar-refractivity contribution in [1.82, 2.24) is 0 Å². The fourth-order valence-corrected chi connectivity index (χ4v) is 3.14. The topological polar surface area (TPSA) is 18.5 Å². The van der Waals surface area contributed by atoms with Gasteiger partial charge in [0.2, 0.25) is 0 Å². The van der Waals surface area contributed by atoms with Gasteiger partial charge in [-0.25, -0.2) is 0 Å². The Morgan fingerprint density at radius 2 is 1.40 bits per heavy atom. The van der Waals surface area contributed by atoms with Gasteiger partial charge in [-0.3, -0.25) is 0 Å². The Morgan fingerprint density at radius 1 is 0.750 bits per heavy atom. The number of ether oxygens (including phenoxy) is 2. The number of hydrogen-bond donors (Lipinski definition) is 0. The highest BCUT2D eigenvalue weighted by atomic mass is 16.5. The predicted octanol–water partition coefficient (Wildman–Crippen LogP) is 5.31. The van der Waals surface area contributed by atoms with E-state index in [-0.39, 0.29) is 0 Å². The van der Waals surface area contributed by atoms with Crippen molar-refractivity contribution < 1.29 is 9.47 Å². The van der Waals surface area contributed by atoms with Gasteiger partial charge in [-0.1, -0.05) is 53.4 Å². The van der Waals surface area contributed by atoms with Crippen molar-refractivity contribution in [3.05, 3.63) is 0 Å². The second-order valence-corrected chi connectivity index (χ2v) is 6.68. The smallest absolute Gasteiger partial charge is 0.0700 e. The van der Waals surface area contributed by atoms with Crippen molar-refractivity contribution in [2.45, 2.75) is 72.6 Å². The first kappa shape index (κ1) is 19.9. The summed E-state index contributed by atoms with van der Waals surface area (Å²) in [6.07, 6.45) is 9.33. The lowest BCUT2D eigenvalue weighted by atomic mass is 9.86. The first-order valence-corrected chi connectivity index (χ1v) is 8.66. The van der Waals surface area contributed by atoms with Gasteiger partial charge in [0.25, 0.3) is 0 Å². The number of methoxy groups -OCH3 is 1. The molecule has 2 heteroatoms. The van der Waals surface area contributed by atoms with Gasteiger partial charge < -0.3 is 9.47 Å². The van der Waals surface area contributed by atoms with Gasteiger partial charge in [0.1, 0.15) is 0 Å². The second kappa shape index (κ2) is 13.9. The predicted molar refractivity (Wildman–Crippen MR) is 88.2 cm³/mol. The molecule has 2 nitrogen and oxygen atoms in total. The molecule has 0 fully saturated rings. The van der Waals surface area contributed by atoms with E-state index in [1.165, 1.54) is 44.9 Å². The molecule has 0 aromatic rings. The minimum atomic E-state index is 0.712.